The molecule has 0 saturated heterocycles. The Morgan fingerprint density at radius 3 is 1.25 bits per heavy atom. The summed E-state index contributed by atoms with van der Waals surface area (Å²) < 4.78 is 8.06. The molecule has 0 aliphatic heterocycles. The van der Waals surface area contributed by atoms with Crippen LogP contribution in [-0.2, 0) is 40.7 Å². The molecule has 0 aliphatic carbocycles. The van der Waals surface area contributed by atoms with Crippen molar-refractivity contribution in [2.45, 2.75) is 0 Å². The van der Waals surface area contributed by atoms with Crippen molar-refractivity contribution in [3.63, 3.8) is 0 Å². The number of hydrogen-bond acceptors (Lipinski definition) is 1. The van der Waals surface area contributed by atoms with Gasteiger partial charge in [-0.15, -0.1) is 0 Å². The van der Waals surface area contributed by atoms with Gasteiger partial charge in [0.25, 0.3) is 0 Å². The second-order valence-corrected chi connectivity index (χ2v) is 0. The van der Waals surface area contributed by atoms with Crippen LogP contribution in [0.2, 0.25) is 0 Å². The fourth-order valence-corrected chi connectivity index (χ4v) is 0. The van der Waals surface area contributed by atoms with E-state index in [1.165, 1.54) is 0 Å². The van der Waals surface area contributed by atoms with Crippen molar-refractivity contribution in [1.29, 1.82) is 0 Å². The van der Waals surface area contributed by atoms with Crippen molar-refractivity contribution in [3.05, 3.63) is 0 Å². The smallest absolute Gasteiger partial charge is 0.381 e. The van der Waals surface area contributed by atoms with Crippen LogP contribution in [0.3, 0.4) is 0 Å². The summed E-state index contributed by atoms with van der Waals surface area (Å²) >= 11 is 0. The molecule has 4 heavy (non-hydrogen) atoms. The molecule has 0 aromatic carbocycles. The molecule has 0 unspecified atom stereocenters. The molecule has 0 aromatic heterocycles. The van der Waals surface area contributed by atoms with E-state index in [1.54, 1.807) is 10.1 Å². The Hall–Kier alpha value is 1.15. The molecule has 0 N–H and O–H groups in total. The second kappa shape index (κ2) is 31.2. The topological polar surface area (TPSA) is 17.1 Å². The third-order valence-electron chi connectivity index (χ3n) is 0. The van der Waals surface area contributed by atoms with Crippen LogP contribution in [0.25, 0.3) is 0 Å². The SMILES string of the molecule is O=[Si].[Co].[Zn]. The van der Waals surface area contributed by atoms with Gasteiger partial charge in [-0.1, -0.05) is 0 Å². The van der Waals surface area contributed by atoms with Crippen molar-refractivity contribution < 1.29 is 40.7 Å². The Kier molecular flexibility index (Phi) is 150. The Balaban J connectivity index is -0.00000000500. The van der Waals surface area contributed by atoms with Crippen molar-refractivity contribution in [2.75, 3.05) is 0 Å². The molecule has 0 bridgehead atoms. The van der Waals surface area contributed by atoms with Gasteiger partial charge in [0.1, 0.15) is 0 Å². The van der Waals surface area contributed by atoms with Gasteiger partial charge in [-0.25, -0.2) is 0 Å². The number of hydrogen-bond donors (Lipinski definition) is 0. The predicted octanol–water partition coefficient (Wildman–Crippen LogP) is -0.505. The van der Waals surface area contributed by atoms with E-state index in [9.17, 15) is 0 Å². The van der Waals surface area contributed by atoms with Crippen molar-refractivity contribution in [3.8, 4) is 0 Å². The first kappa shape index (κ1) is 19.2. The maximum absolute atomic E-state index is 8.06. The number of rotatable bonds is 0. The van der Waals surface area contributed by atoms with Gasteiger partial charge in [0, 0.05) is 36.3 Å². The van der Waals surface area contributed by atoms with Crippen molar-refractivity contribution in [1.82, 2.24) is 0 Å². The maximum Gasteiger partial charge on any atom is 0.381 e. The van der Waals surface area contributed by atoms with Gasteiger partial charge in [0.05, 0.1) is 0 Å². The fourth-order valence-electron chi connectivity index (χ4n) is 0. The molecule has 0 spiro atoms. The first-order valence-electron chi connectivity index (χ1n) is 0.204. The van der Waals surface area contributed by atoms with Gasteiger partial charge < -0.3 is 4.46 Å². The third kappa shape index (κ3) is 11.0. The summed E-state index contributed by atoms with van der Waals surface area (Å²) in [5.74, 6) is 0. The minimum atomic E-state index is 0. The normalized spacial score (nSPS) is 1.00. The van der Waals surface area contributed by atoms with E-state index in [2.05, 4.69) is 0 Å². The average molecular weight is 168 g/mol. The van der Waals surface area contributed by atoms with E-state index in [0.29, 0.717) is 0 Å². The second-order valence-electron chi connectivity index (χ2n) is 0. The van der Waals surface area contributed by atoms with Crippen LogP contribution in [0.1, 0.15) is 0 Å². The molecule has 0 saturated carbocycles. The molecule has 0 amide bonds. The molecular weight excluding hydrogens is 168 g/mol. The van der Waals surface area contributed by atoms with E-state index < -0.39 is 0 Å². The van der Waals surface area contributed by atoms with E-state index >= 15 is 0 Å². The summed E-state index contributed by atoms with van der Waals surface area (Å²) in [7, 11) is 1.72. The Morgan fingerprint density at radius 1 is 1.25 bits per heavy atom. The fraction of sp³-hybridized carbons (Fsp3) is 0. The molecule has 0 heterocycles. The quantitative estimate of drug-likeness (QED) is 0.446. The van der Waals surface area contributed by atoms with Crippen LogP contribution < -0.4 is 0 Å². The van der Waals surface area contributed by atoms with Crippen LogP contribution in [-0.4, -0.2) is 10.1 Å². The Morgan fingerprint density at radius 2 is 1.25 bits per heavy atom. The van der Waals surface area contributed by atoms with Gasteiger partial charge in [-0.3, -0.25) is 0 Å². The largest absolute Gasteiger partial charge is 0.381 e. The first-order valence-corrected chi connectivity index (χ1v) is 0.612. The standard InChI is InChI=1S/Co.OSi.Zn/c;1-2;. The van der Waals surface area contributed by atoms with Gasteiger partial charge in [0.15, 0.2) is 0 Å². The Bertz CT molecular complexity index is 8.00. The van der Waals surface area contributed by atoms with E-state index in [4.69, 9.17) is 4.46 Å². The predicted molar refractivity (Wildman–Crippen MR) is 6.44 cm³/mol. The summed E-state index contributed by atoms with van der Waals surface area (Å²) in [6.07, 6.45) is 0. The maximum atomic E-state index is 8.06. The summed E-state index contributed by atoms with van der Waals surface area (Å²) in [6, 6.07) is 0. The van der Waals surface area contributed by atoms with Crippen LogP contribution in [0, 0.1) is 0 Å². The van der Waals surface area contributed by atoms with Gasteiger partial charge in [-0.2, -0.15) is 0 Å². The minimum Gasteiger partial charge on any atom is -0.381 e. The van der Waals surface area contributed by atoms with Crippen LogP contribution in [0.5, 0.6) is 0 Å². The zero-order valence-electron chi connectivity index (χ0n) is 1.95. The average Bonchev–Trinajstić information content (AvgIpc) is 1.00. The van der Waals surface area contributed by atoms with Crippen molar-refractivity contribution >= 4 is 10.1 Å². The molecule has 0 atom stereocenters. The summed E-state index contributed by atoms with van der Waals surface area (Å²) in [4.78, 5) is 0. The molecule has 4 heteroatoms. The van der Waals surface area contributed by atoms with Crippen molar-refractivity contribution in [2.24, 2.45) is 0 Å². The molecular formula is CoOSiZn. The van der Waals surface area contributed by atoms with Crippen LogP contribution in [0.4, 0.5) is 0 Å². The molecule has 0 aliphatic rings. The monoisotopic (exact) mass is 167 g/mol. The molecule has 1 nitrogen and oxygen atoms in total. The summed E-state index contributed by atoms with van der Waals surface area (Å²) in [6.45, 7) is 0. The summed E-state index contributed by atoms with van der Waals surface area (Å²) in [5, 5.41) is 0. The van der Waals surface area contributed by atoms with Gasteiger partial charge in [-0.05, 0) is 0 Å². The molecule has 0 fully saturated rings. The van der Waals surface area contributed by atoms with E-state index in [0.717, 1.165) is 0 Å². The third-order valence-corrected chi connectivity index (χ3v) is 0. The molecule has 21 valence electrons. The zero-order valence-corrected chi connectivity index (χ0v) is 6.96. The molecule has 0 aromatic rings. The van der Waals surface area contributed by atoms with Gasteiger partial charge >= 0.3 is 10.1 Å². The van der Waals surface area contributed by atoms with Gasteiger partial charge in [0.2, 0.25) is 0 Å². The molecule has 3 radical (unpaired) electrons. The first-order chi connectivity index (χ1) is 1.00. The molecule has 0 rings (SSSR count). The van der Waals surface area contributed by atoms with Crippen LogP contribution in [0.15, 0.2) is 0 Å². The van der Waals surface area contributed by atoms with Crippen LogP contribution >= 0.6 is 0 Å². The Labute approximate surface area is 51.0 Å². The minimum absolute atomic E-state index is 0. The van der Waals surface area contributed by atoms with E-state index in [-0.39, 0.29) is 36.3 Å². The summed E-state index contributed by atoms with van der Waals surface area (Å²) in [5.41, 5.74) is 0. The zero-order chi connectivity index (χ0) is 2.00. The van der Waals surface area contributed by atoms with E-state index in [1.807, 2.05) is 0 Å².